The van der Waals surface area contributed by atoms with E-state index in [0.717, 1.165) is 5.75 Å². The van der Waals surface area contributed by atoms with E-state index in [4.69, 9.17) is 9.47 Å². The van der Waals surface area contributed by atoms with Crippen molar-refractivity contribution in [2.75, 3.05) is 27.3 Å². The van der Waals surface area contributed by atoms with Gasteiger partial charge in [-0.25, -0.2) is 9.18 Å². The first-order valence-electron chi connectivity index (χ1n) is 9.25. The summed E-state index contributed by atoms with van der Waals surface area (Å²) in [6.45, 7) is 7.52. The third-order valence-electron chi connectivity index (χ3n) is 4.35. The van der Waals surface area contributed by atoms with Gasteiger partial charge in [-0.2, -0.15) is 0 Å². The SMILES string of the molecule is COc1ccc(CN(C)C(=O)NCCOc2ccc(C(C)(C)C)cc2)cc1F. The molecule has 2 rings (SSSR count). The van der Waals surface area contributed by atoms with Gasteiger partial charge >= 0.3 is 6.03 Å². The number of benzene rings is 2. The maximum atomic E-state index is 13.7. The Balaban J connectivity index is 1.75. The second-order valence-electron chi connectivity index (χ2n) is 7.68. The van der Waals surface area contributed by atoms with E-state index in [2.05, 4.69) is 38.2 Å². The zero-order valence-electron chi connectivity index (χ0n) is 17.2. The van der Waals surface area contributed by atoms with E-state index >= 15 is 0 Å². The minimum Gasteiger partial charge on any atom is -0.494 e. The summed E-state index contributed by atoms with van der Waals surface area (Å²) >= 11 is 0. The summed E-state index contributed by atoms with van der Waals surface area (Å²) in [5.41, 5.74) is 2.03. The number of nitrogens with one attached hydrogen (secondary N) is 1. The molecule has 0 heterocycles. The molecule has 0 fully saturated rings. The second-order valence-corrected chi connectivity index (χ2v) is 7.68. The fraction of sp³-hybridized carbons (Fsp3) is 0.409. The van der Waals surface area contributed by atoms with Crippen LogP contribution in [0.3, 0.4) is 0 Å². The lowest BCUT2D eigenvalue weighted by Crippen LogP contribution is -2.38. The van der Waals surface area contributed by atoms with Gasteiger partial charge in [-0.3, -0.25) is 0 Å². The number of hydrogen-bond acceptors (Lipinski definition) is 3. The van der Waals surface area contributed by atoms with Gasteiger partial charge in [-0.1, -0.05) is 39.0 Å². The molecular formula is C22H29FN2O3. The van der Waals surface area contributed by atoms with Crippen LogP contribution in [0.1, 0.15) is 31.9 Å². The Bertz CT molecular complexity index is 785. The number of hydrogen-bond donors (Lipinski definition) is 1. The smallest absolute Gasteiger partial charge is 0.317 e. The first-order chi connectivity index (χ1) is 13.2. The Morgan fingerprint density at radius 2 is 1.82 bits per heavy atom. The number of carbonyl (C=O) groups is 1. The quantitative estimate of drug-likeness (QED) is 0.718. The van der Waals surface area contributed by atoms with Gasteiger partial charge in [0.05, 0.1) is 13.7 Å². The molecule has 0 aliphatic rings. The molecule has 28 heavy (non-hydrogen) atoms. The van der Waals surface area contributed by atoms with Crippen LogP contribution in [0.15, 0.2) is 42.5 Å². The molecule has 0 spiro atoms. The zero-order valence-corrected chi connectivity index (χ0v) is 17.2. The van der Waals surface area contributed by atoms with Gasteiger partial charge in [0.15, 0.2) is 11.6 Å². The highest BCUT2D eigenvalue weighted by atomic mass is 19.1. The van der Waals surface area contributed by atoms with E-state index in [0.29, 0.717) is 25.3 Å². The molecule has 0 radical (unpaired) electrons. The number of carbonyl (C=O) groups excluding carboxylic acids is 1. The summed E-state index contributed by atoms with van der Waals surface area (Å²) in [4.78, 5) is 13.6. The van der Waals surface area contributed by atoms with Crippen LogP contribution in [0.4, 0.5) is 9.18 Å². The minimum atomic E-state index is -0.445. The summed E-state index contributed by atoms with van der Waals surface area (Å²) in [5.74, 6) is 0.507. The fourth-order valence-electron chi connectivity index (χ4n) is 2.67. The summed E-state index contributed by atoms with van der Waals surface area (Å²) in [7, 11) is 3.07. The monoisotopic (exact) mass is 388 g/mol. The normalized spacial score (nSPS) is 11.1. The molecule has 0 unspecified atom stereocenters. The highest BCUT2D eigenvalue weighted by molar-refractivity contribution is 5.73. The molecule has 6 heteroatoms. The highest BCUT2D eigenvalue weighted by Gasteiger charge is 2.13. The average molecular weight is 388 g/mol. The number of urea groups is 1. The summed E-state index contributed by atoms with van der Waals surface area (Å²) in [5, 5.41) is 2.79. The van der Waals surface area contributed by atoms with Crippen LogP contribution in [-0.2, 0) is 12.0 Å². The van der Waals surface area contributed by atoms with Gasteiger partial charge in [0.2, 0.25) is 0 Å². The van der Waals surface area contributed by atoms with Gasteiger partial charge in [0, 0.05) is 13.6 Å². The first kappa shape index (κ1) is 21.5. The van der Waals surface area contributed by atoms with Gasteiger partial charge in [0.1, 0.15) is 12.4 Å². The number of rotatable bonds is 7. The van der Waals surface area contributed by atoms with E-state index in [1.54, 1.807) is 19.2 Å². The summed E-state index contributed by atoms with van der Waals surface area (Å²) in [6.07, 6.45) is 0. The topological polar surface area (TPSA) is 50.8 Å². The molecule has 0 saturated carbocycles. The van der Waals surface area contributed by atoms with E-state index < -0.39 is 5.82 Å². The first-order valence-corrected chi connectivity index (χ1v) is 9.25. The van der Waals surface area contributed by atoms with Crippen molar-refractivity contribution in [1.82, 2.24) is 10.2 Å². The second kappa shape index (κ2) is 9.44. The number of amides is 2. The number of nitrogens with zero attached hydrogens (tertiary/aromatic N) is 1. The molecule has 2 amide bonds. The molecule has 2 aromatic rings. The molecule has 0 aliphatic heterocycles. The maximum Gasteiger partial charge on any atom is 0.317 e. The Kier molecular flexibility index (Phi) is 7.26. The summed E-state index contributed by atoms with van der Waals surface area (Å²) in [6, 6.07) is 12.4. The van der Waals surface area contributed by atoms with Gasteiger partial charge in [0.25, 0.3) is 0 Å². The van der Waals surface area contributed by atoms with Crippen molar-refractivity contribution in [1.29, 1.82) is 0 Å². The third kappa shape index (κ3) is 6.15. The van der Waals surface area contributed by atoms with E-state index in [-0.39, 0.29) is 17.2 Å². The van der Waals surface area contributed by atoms with Crippen molar-refractivity contribution >= 4 is 6.03 Å². The van der Waals surface area contributed by atoms with Crippen molar-refractivity contribution in [2.24, 2.45) is 0 Å². The van der Waals surface area contributed by atoms with Crippen molar-refractivity contribution in [3.63, 3.8) is 0 Å². The molecule has 0 aliphatic carbocycles. The number of ether oxygens (including phenoxy) is 2. The average Bonchev–Trinajstić information content (AvgIpc) is 2.65. The summed E-state index contributed by atoms with van der Waals surface area (Å²) < 4.78 is 24.3. The molecule has 152 valence electrons. The van der Waals surface area contributed by atoms with E-state index in [9.17, 15) is 9.18 Å². The highest BCUT2D eigenvalue weighted by Crippen LogP contribution is 2.24. The van der Waals surface area contributed by atoms with Crippen LogP contribution in [0.25, 0.3) is 0 Å². The molecular weight excluding hydrogens is 359 g/mol. The van der Waals surface area contributed by atoms with Crippen LogP contribution in [-0.4, -0.2) is 38.2 Å². The van der Waals surface area contributed by atoms with Crippen LogP contribution in [0.5, 0.6) is 11.5 Å². The van der Waals surface area contributed by atoms with Crippen molar-refractivity contribution in [3.05, 3.63) is 59.4 Å². The molecule has 0 aromatic heterocycles. The Labute approximate surface area is 166 Å². The van der Waals surface area contributed by atoms with Crippen molar-refractivity contribution in [3.8, 4) is 11.5 Å². The number of methoxy groups -OCH3 is 1. The maximum absolute atomic E-state index is 13.7. The molecule has 2 aromatic carbocycles. The minimum absolute atomic E-state index is 0.101. The molecule has 0 saturated heterocycles. The van der Waals surface area contributed by atoms with Gasteiger partial charge in [-0.15, -0.1) is 0 Å². The van der Waals surface area contributed by atoms with Gasteiger partial charge in [-0.05, 0) is 40.8 Å². The van der Waals surface area contributed by atoms with Crippen LogP contribution in [0, 0.1) is 5.82 Å². The fourth-order valence-corrected chi connectivity index (χ4v) is 2.67. The molecule has 5 nitrogen and oxygen atoms in total. The molecule has 0 atom stereocenters. The molecule has 0 bridgehead atoms. The predicted octanol–water partition coefficient (Wildman–Crippen LogP) is 4.35. The van der Waals surface area contributed by atoms with Crippen LogP contribution >= 0.6 is 0 Å². The van der Waals surface area contributed by atoms with Crippen molar-refractivity contribution < 1.29 is 18.7 Å². The Hall–Kier alpha value is -2.76. The lowest BCUT2D eigenvalue weighted by molar-refractivity contribution is 0.203. The predicted molar refractivity (Wildman–Crippen MR) is 108 cm³/mol. The van der Waals surface area contributed by atoms with E-state index in [1.807, 2.05) is 12.1 Å². The Morgan fingerprint density at radius 1 is 1.14 bits per heavy atom. The standard InChI is InChI=1S/C22H29FN2O3/c1-22(2,3)17-7-9-18(10-8-17)28-13-12-24-21(26)25(4)15-16-6-11-20(27-5)19(23)14-16/h6-11,14H,12-13,15H2,1-5H3,(H,24,26). The van der Waals surface area contributed by atoms with Crippen molar-refractivity contribution in [2.45, 2.75) is 32.7 Å². The third-order valence-corrected chi connectivity index (χ3v) is 4.35. The zero-order chi connectivity index (χ0) is 20.7. The lowest BCUT2D eigenvalue weighted by atomic mass is 9.87. The molecule has 1 N–H and O–H groups in total. The lowest BCUT2D eigenvalue weighted by Gasteiger charge is -2.19. The van der Waals surface area contributed by atoms with Crippen LogP contribution < -0.4 is 14.8 Å². The van der Waals surface area contributed by atoms with Crippen LogP contribution in [0.2, 0.25) is 0 Å². The Morgan fingerprint density at radius 3 is 2.39 bits per heavy atom. The largest absolute Gasteiger partial charge is 0.494 e. The van der Waals surface area contributed by atoms with E-state index in [1.165, 1.54) is 23.6 Å². The van der Waals surface area contributed by atoms with Gasteiger partial charge < -0.3 is 19.7 Å². The number of halogens is 1.